The molecule has 0 heterocycles. The highest BCUT2D eigenvalue weighted by Crippen LogP contribution is 2.44. The second-order valence-electron chi connectivity index (χ2n) is 1.35. The summed E-state index contributed by atoms with van der Waals surface area (Å²) in [5.41, 5.74) is 0. The molecular weight excluding hydrogens is 304 g/mol. The zero-order valence-corrected chi connectivity index (χ0v) is 8.10. The van der Waals surface area contributed by atoms with Gasteiger partial charge in [-0.25, -0.2) is 4.39 Å². The first kappa shape index (κ1) is 10.7. The number of hydrogen-bond acceptors (Lipinski definition) is 1. The Balaban J connectivity index is 4.57. The van der Waals surface area contributed by atoms with E-state index < -0.39 is 14.7 Å². The van der Waals surface area contributed by atoms with Crippen molar-refractivity contribution in [3.8, 4) is 0 Å². The Bertz CT molecular complexity index is 154. The van der Waals surface area contributed by atoms with Gasteiger partial charge < -0.3 is 0 Å². The summed E-state index contributed by atoms with van der Waals surface area (Å²) in [6.07, 6.45) is 0. The van der Waals surface area contributed by atoms with E-state index in [1.165, 1.54) is 0 Å². The average Bonchev–Trinajstić information content (AvgIpc) is 1.62. The average molecular weight is 304 g/mol. The summed E-state index contributed by atoms with van der Waals surface area (Å²) in [5, 5.41) is -1.81. The number of carbonyl (C=O) groups excluding carboxylic acids is 1. The zero-order chi connectivity index (χ0) is 8.58. The molecule has 0 aliphatic heterocycles. The Morgan fingerprint density at radius 3 is 1.60 bits per heavy atom. The van der Waals surface area contributed by atoms with Gasteiger partial charge in [-0.3, -0.25) is 4.79 Å². The van der Waals surface area contributed by atoms with Gasteiger partial charge in [0.05, 0.1) is 0 Å². The van der Waals surface area contributed by atoms with Crippen LogP contribution in [0.4, 0.5) is 13.2 Å². The summed E-state index contributed by atoms with van der Waals surface area (Å²) in [6.45, 7) is 0. The number of rotatable bonds is 2. The highest BCUT2D eigenvalue weighted by molar-refractivity contribution is 9.13. The molecule has 0 aromatic rings. The maximum atomic E-state index is 12.4. The minimum atomic E-state index is -4.00. The second-order valence-corrected chi connectivity index (χ2v) is 3.78. The lowest BCUT2D eigenvalue weighted by atomic mass is 10.4. The molecule has 0 aromatic carbocycles. The van der Waals surface area contributed by atoms with E-state index >= 15 is 0 Å². The monoisotopic (exact) mass is 302 g/mol. The topological polar surface area (TPSA) is 17.1 Å². The molecule has 0 rings (SSSR count). The molecule has 0 aromatic heterocycles. The Morgan fingerprint density at radius 2 is 1.60 bits per heavy atom. The van der Waals surface area contributed by atoms with E-state index in [0.29, 0.717) is 0 Å². The maximum absolute atomic E-state index is 12.4. The Hall–Kier alpha value is 0.710. The summed E-state index contributed by atoms with van der Waals surface area (Å²) in [7, 11) is 0. The first-order valence-corrected chi connectivity index (χ1v) is 3.80. The molecule has 7 heteroatoms. The second kappa shape index (κ2) is 2.98. The van der Waals surface area contributed by atoms with Crippen molar-refractivity contribution in [3.05, 3.63) is 0 Å². The van der Waals surface area contributed by atoms with Crippen molar-refractivity contribution in [2.45, 2.75) is 9.41 Å². The third-order valence-corrected chi connectivity index (χ3v) is 3.03. The molecule has 0 fully saturated rings. The third-order valence-electron chi connectivity index (χ3n) is 0.603. The lowest BCUT2D eigenvalue weighted by molar-refractivity contribution is -0.124. The molecule has 10 heavy (non-hydrogen) atoms. The van der Waals surface area contributed by atoms with E-state index in [-0.39, 0.29) is 0 Å². The molecule has 0 saturated carbocycles. The molecule has 0 aliphatic rings. The van der Waals surface area contributed by atoms with Crippen molar-refractivity contribution in [3.63, 3.8) is 0 Å². The van der Waals surface area contributed by atoms with Crippen LogP contribution in [0.25, 0.3) is 0 Å². The van der Waals surface area contributed by atoms with E-state index in [1.807, 2.05) is 15.9 Å². The first-order chi connectivity index (χ1) is 4.19. The normalized spacial score (nSPS) is 18.2. The van der Waals surface area contributed by atoms with Crippen LogP contribution in [0.5, 0.6) is 0 Å². The predicted molar refractivity (Wildman–Crippen MR) is 37.5 cm³/mol. The lowest BCUT2D eigenvalue weighted by Crippen LogP contribution is -2.38. The quantitative estimate of drug-likeness (QED) is 0.566. The Morgan fingerprint density at radius 1 is 1.30 bits per heavy atom. The fourth-order valence-electron chi connectivity index (χ4n) is 0.111. The highest BCUT2D eigenvalue weighted by atomic mass is 79.9. The fraction of sp³-hybridized carbons (Fsp3) is 0.667. The van der Waals surface area contributed by atoms with Gasteiger partial charge in [-0.15, -0.1) is 0 Å². The summed E-state index contributed by atoms with van der Waals surface area (Å²) in [5.74, 6) is 0. The molecule has 0 aliphatic carbocycles. The van der Waals surface area contributed by atoms with Gasteiger partial charge in [-0.1, -0.05) is 0 Å². The van der Waals surface area contributed by atoms with Gasteiger partial charge >= 0.3 is 9.41 Å². The summed E-state index contributed by atoms with van der Waals surface area (Å²) < 4.78 is 32.7. The third kappa shape index (κ3) is 2.10. The van der Waals surface area contributed by atoms with Crippen molar-refractivity contribution in [1.82, 2.24) is 0 Å². The standard InChI is InChI=1S/C3Br2ClF3O/c4-2(7,1(6)10)3(5,8)9. The van der Waals surface area contributed by atoms with Crippen molar-refractivity contribution in [2.24, 2.45) is 0 Å². The van der Waals surface area contributed by atoms with Gasteiger partial charge in [-0.2, -0.15) is 8.78 Å². The SMILES string of the molecule is O=C(Cl)C(F)(Br)C(F)(F)Br. The van der Waals surface area contributed by atoms with Crippen LogP contribution >= 0.6 is 43.5 Å². The van der Waals surface area contributed by atoms with Gasteiger partial charge in [-0.05, 0) is 43.5 Å². The van der Waals surface area contributed by atoms with Crippen LogP contribution in [0.2, 0.25) is 0 Å². The van der Waals surface area contributed by atoms with Crippen LogP contribution in [0.1, 0.15) is 0 Å². The van der Waals surface area contributed by atoms with Gasteiger partial charge in [0.2, 0.25) is 0 Å². The predicted octanol–water partition coefficient (Wildman–Crippen LogP) is 2.80. The first-order valence-electron chi connectivity index (χ1n) is 1.84. The van der Waals surface area contributed by atoms with Crippen LogP contribution in [0.3, 0.4) is 0 Å². The number of halogens is 6. The minimum Gasteiger partial charge on any atom is -0.276 e. The highest BCUT2D eigenvalue weighted by Gasteiger charge is 2.56. The largest absolute Gasteiger partial charge is 0.353 e. The summed E-state index contributed by atoms with van der Waals surface area (Å²) in [6, 6.07) is 0. The maximum Gasteiger partial charge on any atom is 0.353 e. The zero-order valence-electron chi connectivity index (χ0n) is 4.18. The molecular formula is C3Br2ClF3O. The lowest BCUT2D eigenvalue weighted by Gasteiger charge is -2.18. The van der Waals surface area contributed by atoms with Crippen LogP contribution < -0.4 is 0 Å². The van der Waals surface area contributed by atoms with E-state index in [2.05, 4.69) is 11.6 Å². The number of carbonyl (C=O) groups is 1. The van der Waals surface area contributed by atoms with Crippen molar-refractivity contribution >= 4 is 48.7 Å². The summed E-state index contributed by atoms with van der Waals surface area (Å²) >= 11 is 7.95. The van der Waals surface area contributed by atoms with Crippen molar-refractivity contribution < 1.29 is 18.0 Å². The molecule has 1 atom stereocenters. The van der Waals surface area contributed by atoms with Crippen LogP contribution in [-0.2, 0) is 4.79 Å². The minimum absolute atomic E-state index is 1.64. The van der Waals surface area contributed by atoms with Crippen LogP contribution in [0.15, 0.2) is 0 Å². The van der Waals surface area contributed by atoms with E-state index in [1.54, 1.807) is 15.9 Å². The molecule has 0 spiro atoms. The van der Waals surface area contributed by atoms with E-state index in [4.69, 9.17) is 0 Å². The van der Waals surface area contributed by atoms with Crippen LogP contribution in [0, 0.1) is 0 Å². The van der Waals surface area contributed by atoms with Crippen LogP contribution in [-0.4, -0.2) is 14.7 Å². The van der Waals surface area contributed by atoms with Crippen molar-refractivity contribution in [1.29, 1.82) is 0 Å². The molecule has 0 amide bonds. The molecule has 0 radical (unpaired) electrons. The van der Waals surface area contributed by atoms with Gasteiger partial charge in [0.25, 0.3) is 5.24 Å². The van der Waals surface area contributed by atoms with Gasteiger partial charge in [0.1, 0.15) is 0 Å². The Labute approximate surface area is 76.2 Å². The molecule has 1 nitrogen and oxygen atoms in total. The molecule has 60 valence electrons. The molecule has 0 saturated heterocycles. The fourth-order valence-corrected chi connectivity index (χ4v) is 0.524. The smallest absolute Gasteiger partial charge is 0.276 e. The molecule has 0 bridgehead atoms. The Kier molecular flexibility index (Phi) is 3.20. The molecule has 0 N–H and O–H groups in total. The van der Waals surface area contributed by atoms with E-state index in [9.17, 15) is 18.0 Å². The summed E-state index contributed by atoms with van der Waals surface area (Å²) in [4.78, 5) is 5.94. The van der Waals surface area contributed by atoms with E-state index in [0.717, 1.165) is 0 Å². The molecule has 1 unspecified atom stereocenters. The van der Waals surface area contributed by atoms with Gasteiger partial charge in [0, 0.05) is 0 Å². The van der Waals surface area contributed by atoms with Crippen molar-refractivity contribution in [2.75, 3.05) is 0 Å². The number of alkyl halides is 5. The number of hydrogen-bond donors (Lipinski definition) is 0. The van der Waals surface area contributed by atoms with Gasteiger partial charge in [0.15, 0.2) is 0 Å².